The van der Waals surface area contributed by atoms with Crippen molar-refractivity contribution in [1.82, 2.24) is 0 Å². The lowest BCUT2D eigenvalue weighted by Crippen LogP contribution is -2.30. The summed E-state index contributed by atoms with van der Waals surface area (Å²) in [7, 11) is 1.61. The molecule has 0 bridgehead atoms. The second-order valence-corrected chi connectivity index (χ2v) is 7.49. The van der Waals surface area contributed by atoms with Crippen molar-refractivity contribution in [3.05, 3.63) is 90.0 Å². The predicted molar refractivity (Wildman–Crippen MR) is 117 cm³/mol. The van der Waals surface area contributed by atoms with E-state index in [2.05, 4.69) is 55.6 Å². The molecule has 0 radical (unpaired) electrons. The number of benzene rings is 3. The van der Waals surface area contributed by atoms with Crippen molar-refractivity contribution >= 4 is 11.6 Å². The highest BCUT2D eigenvalue weighted by atomic mass is 16.5. The zero-order chi connectivity index (χ0) is 20.9. The van der Waals surface area contributed by atoms with Gasteiger partial charge in [-0.05, 0) is 54.4 Å². The van der Waals surface area contributed by atoms with Crippen LogP contribution in [-0.2, 0) is 10.2 Å². The van der Waals surface area contributed by atoms with Crippen molar-refractivity contribution in [3.8, 4) is 11.5 Å². The Bertz CT molecular complexity index is 932. The Kier molecular flexibility index (Phi) is 6.23. The number of amides is 1. The first-order valence-electron chi connectivity index (χ1n) is 9.68. The molecule has 1 atom stereocenters. The van der Waals surface area contributed by atoms with Crippen LogP contribution >= 0.6 is 0 Å². The zero-order valence-corrected chi connectivity index (χ0v) is 17.3. The monoisotopic (exact) mass is 389 g/mol. The highest BCUT2D eigenvalue weighted by Gasteiger charge is 2.23. The van der Waals surface area contributed by atoms with Gasteiger partial charge in [0.25, 0.3) is 5.91 Å². The average Bonchev–Trinajstić information content (AvgIpc) is 2.75. The van der Waals surface area contributed by atoms with Crippen molar-refractivity contribution < 1.29 is 14.3 Å². The molecule has 4 heteroatoms. The van der Waals surface area contributed by atoms with Gasteiger partial charge >= 0.3 is 0 Å². The van der Waals surface area contributed by atoms with Gasteiger partial charge in [0.1, 0.15) is 11.5 Å². The summed E-state index contributed by atoms with van der Waals surface area (Å²) in [6.07, 6.45) is -0.620. The van der Waals surface area contributed by atoms with E-state index in [-0.39, 0.29) is 11.3 Å². The van der Waals surface area contributed by atoms with Gasteiger partial charge in [0.15, 0.2) is 6.10 Å². The van der Waals surface area contributed by atoms with E-state index in [4.69, 9.17) is 9.47 Å². The van der Waals surface area contributed by atoms with Gasteiger partial charge in [0.05, 0.1) is 7.11 Å². The van der Waals surface area contributed by atoms with Crippen LogP contribution < -0.4 is 14.8 Å². The smallest absolute Gasteiger partial charge is 0.265 e. The first-order valence-corrected chi connectivity index (χ1v) is 9.68. The van der Waals surface area contributed by atoms with Gasteiger partial charge in [0, 0.05) is 11.1 Å². The summed E-state index contributed by atoms with van der Waals surface area (Å²) in [5, 5.41) is 2.85. The third kappa shape index (κ3) is 4.96. The summed E-state index contributed by atoms with van der Waals surface area (Å²) in [5.41, 5.74) is 3.02. The van der Waals surface area contributed by atoms with Crippen LogP contribution in [0, 0.1) is 0 Å². The molecule has 1 N–H and O–H groups in total. The van der Waals surface area contributed by atoms with E-state index in [1.807, 2.05) is 18.2 Å². The van der Waals surface area contributed by atoms with Gasteiger partial charge in [0.2, 0.25) is 0 Å². The van der Waals surface area contributed by atoms with Crippen LogP contribution in [-0.4, -0.2) is 19.1 Å². The van der Waals surface area contributed by atoms with Crippen molar-refractivity contribution in [1.29, 1.82) is 0 Å². The maximum Gasteiger partial charge on any atom is 0.265 e. The number of anilines is 1. The Morgan fingerprint density at radius 3 is 1.97 bits per heavy atom. The Morgan fingerprint density at radius 2 is 1.38 bits per heavy atom. The first kappa shape index (κ1) is 20.5. The number of hydrogen-bond acceptors (Lipinski definition) is 3. The van der Waals surface area contributed by atoms with Gasteiger partial charge in [-0.2, -0.15) is 0 Å². The molecule has 150 valence electrons. The number of hydrogen-bond donors (Lipinski definition) is 1. The van der Waals surface area contributed by atoms with Crippen LogP contribution in [0.2, 0.25) is 0 Å². The van der Waals surface area contributed by atoms with E-state index in [0.717, 1.165) is 5.75 Å². The largest absolute Gasteiger partial charge is 0.497 e. The number of methoxy groups -OCH3 is 1. The molecular formula is C25H27NO3. The molecule has 0 aliphatic rings. The number of rotatable bonds is 7. The van der Waals surface area contributed by atoms with Crippen LogP contribution in [0.15, 0.2) is 78.9 Å². The minimum absolute atomic E-state index is 0.114. The fraction of sp³-hybridized carbons (Fsp3) is 0.240. The molecule has 3 rings (SSSR count). The third-order valence-electron chi connectivity index (χ3n) is 5.11. The minimum atomic E-state index is -0.620. The summed E-state index contributed by atoms with van der Waals surface area (Å²) in [4.78, 5) is 12.4. The molecule has 0 fully saturated rings. The highest BCUT2D eigenvalue weighted by molar-refractivity contribution is 5.94. The minimum Gasteiger partial charge on any atom is -0.497 e. The maximum absolute atomic E-state index is 12.4. The molecule has 1 unspecified atom stereocenters. The van der Waals surface area contributed by atoms with Gasteiger partial charge < -0.3 is 14.8 Å². The standard InChI is InChI=1S/C25H27NO3/c1-18(24(27)26-21-12-16-22(28-4)17-13-21)29-23-14-10-20(11-15-23)25(2,3)19-8-6-5-7-9-19/h5-18H,1-4H3,(H,26,27). The summed E-state index contributed by atoms with van der Waals surface area (Å²) in [5.74, 6) is 1.20. The van der Waals surface area contributed by atoms with Crippen LogP contribution in [0.3, 0.4) is 0 Å². The van der Waals surface area contributed by atoms with E-state index >= 15 is 0 Å². The van der Waals surface area contributed by atoms with Crippen LogP contribution in [0.5, 0.6) is 11.5 Å². The summed E-state index contributed by atoms with van der Waals surface area (Å²) in [6, 6.07) is 25.5. The lowest BCUT2D eigenvalue weighted by atomic mass is 9.78. The van der Waals surface area contributed by atoms with Gasteiger partial charge in [-0.15, -0.1) is 0 Å². The predicted octanol–water partition coefficient (Wildman–Crippen LogP) is 5.43. The number of carbonyl (C=O) groups excluding carboxylic acids is 1. The molecule has 0 heterocycles. The Balaban J connectivity index is 1.63. The van der Waals surface area contributed by atoms with Crippen molar-refractivity contribution in [2.75, 3.05) is 12.4 Å². The molecule has 0 saturated carbocycles. The Hall–Kier alpha value is -3.27. The molecule has 0 spiro atoms. The molecule has 3 aromatic carbocycles. The average molecular weight is 389 g/mol. The van der Waals surface area contributed by atoms with Crippen LogP contribution in [0.1, 0.15) is 31.9 Å². The first-order chi connectivity index (χ1) is 13.9. The van der Waals surface area contributed by atoms with E-state index < -0.39 is 6.10 Å². The van der Waals surface area contributed by atoms with Crippen LogP contribution in [0.4, 0.5) is 5.69 Å². The van der Waals surface area contributed by atoms with Crippen molar-refractivity contribution in [2.45, 2.75) is 32.3 Å². The van der Waals surface area contributed by atoms with E-state index in [9.17, 15) is 4.79 Å². The van der Waals surface area contributed by atoms with Gasteiger partial charge in [-0.1, -0.05) is 56.3 Å². The van der Waals surface area contributed by atoms with E-state index in [1.165, 1.54) is 11.1 Å². The lowest BCUT2D eigenvalue weighted by molar-refractivity contribution is -0.122. The fourth-order valence-electron chi connectivity index (χ4n) is 3.15. The van der Waals surface area contributed by atoms with Gasteiger partial charge in [-0.3, -0.25) is 4.79 Å². The van der Waals surface area contributed by atoms with E-state index in [1.54, 1.807) is 38.3 Å². The lowest BCUT2D eigenvalue weighted by Gasteiger charge is -2.26. The summed E-state index contributed by atoms with van der Waals surface area (Å²) in [6.45, 7) is 6.13. The molecule has 3 aromatic rings. The fourth-order valence-corrected chi connectivity index (χ4v) is 3.15. The summed E-state index contributed by atoms with van der Waals surface area (Å²) < 4.78 is 11.0. The molecule has 0 saturated heterocycles. The molecule has 0 aliphatic carbocycles. The third-order valence-corrected chi connectivity index (χ3v) is 5.11. The highest BCUT2D eigenvalue weighted by Crippen LogP contribution is 2.32. The molecule has 1 amide bonds. The molecule has 0 aromatic heterocycles. The molecule has 0 aliphatic heterocycles. The molecular weight excluding hydrogens is 362 g/mol. The number of nitrogens with one attached hydrogen (secondary N) is 1. The van der Waals surface area contributed by atoms with E-state index in [0.29, 0.717) is 11.4 Å². The van der Waals surface area contributed by atoms with Gasteiger partial charge in [-0.25, -0.2) is 0 Å². The number of ether oxygens (including phenoxy) is 2. The SMILES string of the molecule is COc1ccc(NC(=O)C(C)Oc2ccc(C(C)(C)c3ccccc3)cc2)cc1. The van der Waals surface area contributed by atoms with Crippen LogP contribution in [0.25, 0.3) is 0 Å². The van der Waals surface area contributed by atoms with Crippen molar-refractivity contribution in [3.63, 3.8) is 0 Å². The zero-order valence-electron chi connectivity index (χ0n) is 17.3. The summed E-state index contributed by atoms with van der Waals surface area (Å²) >= 11 is 0. The van der Waals surface area contributed by atoms with Crippen molar-refractivity contribution in [2.24, 2.45) is 0 Å². The number of carbonyl (C=O) groups is 1. The molecule has 29 heavy (non-hydrogen) atoms. The quantitative estimate of drug-likeness (QED) is 0.586. The Morgan fingerprint density at radius 1 is 0.828 bits per heavy atom. The second-order valence-electron chi connectivity index (χ2n) is 7.49. The normalized spacial score (nSPS) is 12.1. The maximum atomic E-state index is 12.4. The topological polar surface area (TPSA) is 47.6 Å². The molecule has 4 nitrogen and oxygen atoms in total. The Labute approximate surface area is 172 Å². The second kappa shape index (κ2) is 8.82.